The lowest BCUT2D eigenvalue weighted by Gasteiger charge is -2.43. The number of hydrogen-bond donors (Lipinski definition) is 0. The van der Waals surface area contributed by atoms with E-state index < -0.39 is 15.5 Å². The fraction of sp³-hybridized carbons (Fsp3) is 0.481. The average Bonchev–Trinajstić information content (AvgIpc) is 3.04. The van der Waals surface area contributed by atoms with Crippen molar-refractivity contribution in [2.24, 2.45) is 35.5 Å². The van der Waals surface area contributed by atoms with E-state index in [9.17, 15) is 0 Å². The van der Waals surface area contributed by atoms with Crippen molar-refractivity contribution in [1.82, 2.24) is 0 Å². The molecule has 0 heterocycles. The van der Waals surface area contributed by atoms with Crippen molar-refractivity contribution in [1.29, 1.82) is 0 Å². The van der Waals surface area contributed by atoms with Crippen molar-refractivity contribution in [3.8, 4) is 0 Å². The summed E-state index contributed by atoms with van der Waals surface area (Å²) in [5, 5.41) is 0.779. The minimum absolute atomic E-state index is 0.0344. The SMILES string of the molecule is COC1(OC)[C@@]2(Cl)C(Cl)=C(Cl)[C@]1(Cl)[C@@H]1[C@@H]3C[C@@H]([C@H]4[C@@H]3C4(c3ccccc3)c3ccccc3)[C@@H]12. The van der Waals surface area contributed by atoms with Crippen LogP contribution in [0.1, 0.15) is 17.5 Å². The van der Waals surface area contributed by atoms with Crippen LogP contribution in [0.25, 0.3) is 0 Å². The van der Waals surface area contributed by atoms with Crippen LogP contribution >= 0.6 is 46.4 Å². The highest BCUT2D eigenvalue weighted by molar-refractivity contribution is 6.52. The van der Waals surface area contributed by atoms with Crippen molar-refractivity contribution in [2.75, 3.05) is 14.2 Å². The smallest absolute Gasteiger partial charge is 0.217 e. The molecule has 6 heteroatoms. The third-order valence-electron chi connectivity index (χ3n) is 9.89. The van der Waals surface area contributed by atoms with Crippen molar-refractivity contribution < 1.29 is 9.47 Å². The van der Waals surface area contributed by atoms with Gasteiger partial charge in [0, 0.05) is 19.6 Å². The first-order valence-electron chi connectivity index (χ1n) is 11.5. The minimum Gasteiger partial charge on any atom is -0.350 e. The summed E-state index contributed by atoms with van der Waals surface area (Å²) in [5.41, 5.74) is 2.70. The van der Waals surface area contributed by atoms with Gasteiger partial charge < -0.3 is 9.47 Å². The lowest BCUT2D eigenvalue weighted by Crippen LogP contribution is -2.58. The van der Waals surface area contributed by atoms with Gasteiger partial charge in [0.2, 0.25) is 5.79 Å². The van der Waals surface area contributed by atoms with Crippen molar-refractivity contribution in [2.45, 2.75) is 27.4 Å². The average molecular weight is 522 g/mol. The Kier molecular flexibility index (Phi) is 4.25. The van der Waals surface area contributed by atoms with E-state index in [0.717, 1.165) is 6.42 Å². The highest BCUT2D eigenvalue weighted by Gasteiger charge is 2.93. The maximum atomic E-state index is 7.51. The number of methoxy groups -OCH3 is 2. The van der Waals surface area contributed by atoms with Gasteiger partial charge in [0.1, 0.15) is 9.75 Å². The topological polar surface area (TPSA) is 18.5 Å². The monoisotopic (exact) mass is 520 g/mol. The van der Waals surface area contributed by atoms with Crippen LogP contribution in [0.5, 0.6) is 0 Å². The van der Waals surface area contributed by atoms with Crippen LogP contribution in [0.2, 0.25) is 0 Å². The standard InChI is InChI=1S/C27H24Cl4O2/c1-32-27(33-2)25(30)20-16-13-17(21(20)26(27,31)23(29)22(25)28)19-18(16)24(19,14-9-5-3-6-10-14)15-11-7-4-8-12-15/h3-12,16-21H,13H2,1-2H3/t16-,17+,18-,19+,20-,21+,25-,26+. The molecule has 0 unspecified atom stereocenters. The minimum atomic E-state index is -1.29. The molecule has 2 nitrogen and oxygen atoms in total. The van der Waals surface area contributed by atoms with Gasteiger partial charge in [0.15, 0.2) is 0 Å². The van der Waals surface area contributed by atoms with Gasteiger partial charge in [-0.05, 0) is 53.1 Å². The second kappa shape index (κ2) is 6.52. The van der Waals surface area contributed by atoms with Crippen molar-refractivity contribution >= 4 is 46.4 Å². The Morgan fingerprint density at radius 2 is 1.06 bits per heavy atom. The molecule has 4 bridgehead atoms. The van der Waals surface area contributed by atoms with Crippen LogP contribution in [0.4, 0.5) is 0 Å². The van der Waals surface area contributed by atoms with E-state index in [2.05, 4.69) is 60.7 Å². The van der Waals surface area contributed by atoms with Crippen LogP contribution in [-0.4, -0.2) is 29.8 Å². The van der Waals surface area contributed by atoms with Gasteiger partial charge in [-0.3, -0.25) is 0 Å². The fourth-order valence-electron chi connectivity index (χ4n) is 9.26. The zero-order valence-electron chi connectivity index (χ0n) is 18.3. The number of alkyl halides is 2. The van der Waals surface area contributed by atoms with E-state index in [1.807, 2.05) is 0 Å². The van der Waals surface area contributed by atoms with E-state index in [1.54, 1.807) is 14.2 Å². The molecule has 0 spiro atoms. The molecule has 8 atom stereocenters. The summed E-state index contributed by atoms with van der Waals surface area (Å²) in [4.78, 5) is -2.21. The summed E-state index contributed by atoms with van der Waals surface area (Å²) in [6.07, 6.45) is 1.09. The maximum Gasteiger partial charge on any atom is 0.217 e. The predicted molar refractivity (Wildman–Crippen MR) is 132 cm³/mol. The molecule has 2 aromatic rings. The summed E-state index contributed by atoms with van der Waals surface area (Å²) in [7, 11) is 3.19. The molecule has 33 heavy (non-hydrogen) atoms. The van der Waals surface area contributed by atoms with Crippen LogP contribution in [-0.2, 0) is 14.9 Å². The first-order valence-corrected chi connectivity index (χ1v) is 13.0. The van der Waals surface area contributed by atoms with Gasteiger partial charge in [-0.25, -0.2) is 0 Å². The van der Waals surface area contributed by atoms with E-state index in [0.29, 0.717) is 33.7 Å². The molecule has 5 aliphatic rings. The van der Waals surface area contributed by atoms with Gasteiger partial charge in [0.25, 0.3) is 0 Å². The first kappa shape index (κ1) is 21.5. The normalized spacial score (nSPS) is 44.8. The summed E-state index contributed by atoms with van der Waals surface area (Å²) >= 11 is 28.8. The zero-order valence-corrected chi connectivity index (χ0v) is 21.3. The van der Waals surface area contributed by atoms with Crippen LogP contribution in [0, 0.1) is 35.5 Å². The second-order valence-electron chi connectivity index (χ2n) is 10.3. The molecule has 4 saturated carbocycles. The molecule has 0 amide bonds. The Morgan fingerprint density at radius 3 is 1.42 bits per heavy atom. The maximum absolute atomic E-state index is 7.51. The fourth-order valence-corrected chi connectivity index (χ4v) is 11.6. The van der Waals surface area contributed by atoms with E-state index in [4.69, 9.17) is 55.9 Å². The van der Waals surface area contributed by atoms with Gasteiger partial charge in [0.05, 0.1) is 10.1 Å². The molecule has 5 aliphatic carbocycles. The summed E-state index contributed by atoms with van der Waals surface area (Å²) in [6.45, 7) is 0. The van der Waals surface area contributed by atoms with E-state index in [1.165, 1.54) is 11.1 Å². The third-order valence-corrected chi connectivity index (χ3v) is 12.5. The molecule has 0 aliphatic heterocycles. The van der Waals surface area contributed by atoms with Crippen LogP contribution < -0.4 is 0 Å². The molecule has 0 radical (unpaired) electrons. The van der Waals surface area contributed by atoms with Gasteiger partial charge in [-0.15, -0.1) is 23.2 Å². The second-order valence-corrected chi connectivity index (χ2v) is 12.3. The van der Waals surface area contributed by atoms with E-state index >= 15 is 0 Å². The summed E-state index contributed by atoms with van der Waals surface area (Å²) in [6, 6.07) is 21.8. The lowest BCUT2D eigenvalue weighted by molar-refractivity contribution is -0.223. The Labute approximate surface area is 214 Å². The predicted octanol–water partition coefficient (Wildman–Crippen LogP) is 6.76. The quantitative estimate of drug-likeness (QED) is 0.251. The lowest BCUT2D eigenvalue weighted by atomic mass is 9.73. The highest BCUT2D eigenvalue weighted by atomic mass is 35.5. The number of ether oxygens (including phenoxy) is 2. The Bertz CT molecular complexity index is 1090. The molecule has 7 rings (SSSR count). The molecule has 0 saturated heterocycles. The van der Waals surface area contributed by atoms with Gasteiger partial charge in [-0.1, -0.05) is 83.9 Å². The van der Waals surface area contributed by atoms with Crippen LogP contribution in [0.15, 0.2) is 70.7 Å². The van der Waals surface area contributed by atoms with Crippen molar-refractivity contribution in [3.63, 3.8) is 0 Å². The zero-order chi connectivity index (χ0) is 23.0. The van der Waals surface area contributed by atoms with Gasteiger partial charge >= 0.3 is 0 Å². The largest absolute Gasteiger partial charge is 0.350 e. The third kappa shape index (κ3) is 1.95. The summed E-state index contributed by atoms with van der Waals surface area (Å²) in [5.74, 6) is 0.428. The molecule has 2 aromatic carbocycles. The molecular weight excluding hydrogens is 498 g/mol. The number of benzene rings is 2. The molecule has 0 aromatic heterocycles. The molecular formula is C27H24Cl4O2. The van der Waals surface area contributed by atoms with E-state index in [-0.39, 0.29) is 17.3 Å². The number of fused-ring (bicyclic) bond motifs is 12. The Hall–Kier alpha value is -0.740. The Balaban J connectivity index is 1.43. The first-order chi connectivity index (χ1) is 15.9. The molecule has 4 fully saturated rings. The van der Waals surface area contributed by atoms with Crippen molar-refractivity contribution in [3.05, 3.63) is 81.9 Å². The molecule has 0 N–H and O–H groups in total. The summed E-state index contributed by atoms with van der Waals surface area (Å²) < 4.78 is 12.0. The number of rotatable bonds is 4. The van der Waals surface area contributed by atoms with Crippen LogP contribution in [0.3, 0.4) is 0 Å². The number of hydrogen-bond acceptors (Lipinski definition) is 2. The highest BCUT2D eigenvalue weighted by Crippen LogP contribution is 2.89. The molecule has 172 valence electrons. The van der Waals surface area contributed by atoms with Gasteiger partial charge in [-0.2, -0.15) is 0 Å². The number of halogens is 4. The Morgan fingerprint density at radius 1 is 0.667 bits per heavy atom.